The molecule has 1 aromatic rings. The molecule has 2 saturated heterocycles. The van der Waals surface area contributed by atoms with Gasteiger partial charge in [0.05, 0.1) is 12.8 Å². The monoisotopic (exact) mass is 515 g/mol. The number of halogens is 1. The Hall–Kier alpha value is -1.22. The third kappa shape index (κ3) is 7.20. The average Bonchev–Trinajstić information content (AvgIpc) is 3.38. The number of aliphatic imine (C=N–C) groups is 1. The van der Waals surface area contributed by atoms with Crippen molar-refractivity contribution in [2.45, 2.75) is 39.2 Å². The molecule has 0 spiro atoms. The van der Waals surface area contributed by atoms with Crippen molar-refractivity contribution in [2.75, 3.05) is 57.8 Å². The third-order valence-corrected chi connectivity index (χ3v) is 5.63. The maximum Gasteiger partial charge on any atom is 0.191 e. The molecule has 1 aromatic carbocycles. The summed E-state index contributed by atoms with van der Waals surface area (Å²) in [4.78, 5) is 9.85. The molecule has 2 N–H and O–H groups in total. The first-order valence-corrected chi connectivity index (χ1v) is 10.8. The van der Waals surface area contributed by atoms with E-state index in [9.17, 15) is 0 Å². The molecule has 2 aliphatic rings. The van der Waals surface area contributed by atoms with Crippen molar-refractivity contribution < 1.29 is 4.74 Å². The van der Waals surface area contributed by atoms with Gasteiger partial charge in [0, 0.05) is 38.8 Å². The van der Waals surface area contributed by atoms with Gasteiger partial charge in [-0.05, 0) is 57.3 Å². The van der Waals surface area contributed by atoms with Gasteiger partial charge in [-0.15, -0.1) is 24.0 Å². The van der Waals surface area contributed by atoms with Crippen LogP contribution < -0.4 is 20.3 Å². The number of nitrogens with zero attached hydrogens (tertiary/aromatic N) is 3. The molecule has 2 unspecified atom stereocenters. The molecule has 0 saturated carbocycles. The molecule has 2 fully saturated rings. The highest BCUT2D eigenvalue weighted by molar-refractivity contribution is 14.0. The molecule has 6 nitrogen and oxygen atoms in total. The number of guanidine groups is 1. The van der Waals surface area contributed by atoms with Gasteiger partial charge in [0.2, 0.25) is 0 Å². The van der Waals surface area contributed by atoms with Gasteiger partial charge in [-0.1, -0.05) is 19.1 Å². The summed E-state index contributed by atoms with van der Waals surface area (Å²) in [5.74, 6) is 2.48. The van der Waals surface area contributed by atoms with Crippen LogP contribution in [0.3, 0.4) is 0 Å². The van der Waals surface area contributed by atoms with Crippen LogP contribution in [0.5, 0.6) is 5.75 Å². The number of hydrogen-bond donors (Lipinski definition) is 2. The van der Waals surface area contributed by atoms with Gasteiger partial charge in [-0.2, -0.15) is 0 Å². The second-order valence-corrected chi connectivity index (χ2v) is 8.08. The summed E-state index contributed by atoms with van der Waals surface area (Å²) in [6.45, 7) is 11.9. The normalized spacial score (nSPS) is 21.0. The first-order valence-electron chi connectivity index (χ1n) is 10.8. The maximum absolute atomic E-state index is 5.53. The van der Waals surface area contributed by atoms with Gasteiger partial charge in [0.1, 0.15) is 5.75 Å². The zero-order valence-electron chi connectivity index (χ0n) is 18.2. The summed E-state index contributed by atoms with van der Waals surface area (Å²) in [6.07, 6.45) is 3.81. The second-order valence-electron chi connectivity index (χ2n) is 8.08. The zero-order chi connectivity index (χ0) is 19.8. The number of nitrogens with one attached hydrogen (secondary N) is 2. The fourth-order valence-electron chi connectivity index (χ4n) is 4.21. The maximum atomic E-state index is 5.53. The van der Waals surface area contributed by atoms with Crippen LogP contribution in [0.4, 0.5) is 5.69 Å². The van der Waals surface area contributed by atoms with Gasteiger partial charge in [-0.3, -0.25) is 4.99 Å². The van der Waals surface area contributed by atoms with Crippen molar-refractivity contribution in [3.8, 4) is 5.75 Å². The van der Waals surface area contributed by atoms with Crippen molar-refractivity contribution >= 4 is 35.6 Å². The topological polar surface area (TPSA) is 52.1 Å². The molecule has 2 heterocycles. The fraction of sp³-hybridized carbons (Fsp3) is 0.682. The predicted molar refractivity (Wildman–Crippen MR) is 133 cm³/mol. The Kier molecular flexibility index (Phi) is 10.3. The molecule has 0 radical (unpaired) electrons. The van der Waals surface area contributed by atoms with Crippen molar-refractivity contribution in [1.29, 1.82) is 0 Å². The van der Waals surface area contributed by atoms with Crippen LogP contribution in [0.2, 0.25) is 0 Å². The Balaban J connectivity index is 0.00000300. The van der Waals surface area contributed by atoms with E-state index in [1.807, 2.05) is 12.1 Å². The van der Waals surface area contributed by atoms with Gasteiger partial charge in [0.15, 0.2) is 5.96 Å². The van der Waals surface area contributed by atoms with Crippen LogP contribution in [0, 0.1) is 5.92 Å². The lowest BCUT2D eigenvalue weighted by atomic mass is 10.2. The van der Waals surface area contributed by atoms with E-state index in [1.165, 1.54) is 31.6 Å². The van der Waals surface area contributed by atoms with Crippen molar-refractivity contribution in [2.24, 2.45) is 10.9 Å². The minimum absolute atomic E-state index is 0. The summed E-state index contributed by atoms with van der Waals surface area (Å²) in [6, 6.07) is 8.67. The van der Waals surface area contributed by atoms with Gasteiger partial charge in [-0.25, -0.2) is 0 Å². The van der Waals surface area contributed by atoms with Crippen molar-refractivity contribution in [3.63, 3.8) is 0 Å². The number of para-hydroxylation sites is 2. The highest BCUT2D eigenvalue weighted by Crippen LogP contribution is 2.30. The molecule has 0 aromatic heterocycles. The van der Waals surface area contributed by atoms with Crippen molar-refractivity contribution in [1.82, 2.24) is 15.5 Å². The predicted octanol–water partition coefficient (Wildman–Crippen LogP) is 3.18. The van der Waals surface area contributed by atoms with Crippen LogP contribution in [0.1, 0.15) is 33.1 Å². The Bertz CT molecular complexity index is 635. The minimum Gasteiger partial charge on any atom is -0.495 e. The first kappa shape index (κ1) is 24.1. The Morgan fingerprint density at radius 2 is 2.00 bits per heavy atom. The largest absolute Gasteiger partial charge is 0.495 e. The lowest BCUT2D eigenvalue weighted by Crippen LogP contribution is -2.45. The number of methoxy groups -OCH3 is 1. The second kappa shape index (κ2) is 12.5. The molecule has 0 amide bonds. The molecular weight excluding hydrogens is 477 g/mol. The van der Waals surface area contributed by atoms with E-state index in [1.54, 1.807) is 7.11 Å². The molecule has 0 bridgehead atoms. The summed E-state index contributed by atoms with van der Waals surface area (Å²) < 4.78 is 5.53. The van der Waals surface area contributed by atoms with Crippen molar-refractivity contribution in [3.05, 3.63) is 24.3 Å². The summed E-state index contributed by atoms with van der Waals surface area (Å²) in [5, 5.41) is 7.06. The number of hydrogen-bond acceptors (Lipinski definition) is 4. The van der Waals surface area contributed by atoms with Gasteiger partial charge >= 0.3 is 0 Å². The highest BCUT2D eigenvalue weighted by atomic mass is 127. The lowest BCUT2D eigenvalue weighted by Gasteiger charge is -2.22. The molecule has 29 heavy (non-hydrogen) atoms. The standard InChI is InChI=1S/C22H37N5O.HI/c1-4-23-22(24-15-18(2)16-26-12-7-8-13-26)25-19-11-14-27(17-19)20-9-5-6-10-21(20)28-3;/h5-6,9-10,18-19H,4,7-8,11-17H2,1-3H3,(H2,23,24,25);1H. The Labute approximate surface area is 193 Å². The highest BCUT2D eigenvalue weighted by Gasteiger charge is 2.25. The number of ether oxygens (including phenoxy) is 1. The van der Waals surface area contributed by atoms with E-state index >= 15 is 0 Å². The molecule has 3 rings (SSSR count). The van der Waals surface area contributed by atoms with E-state index in [0.717, 1.165) is 50.9 Å². The molecule has 2 aliphatic heterocycles. The van der Waals surface area contributed by atoms with Crippen LogP contribution in [0.15, 0.2) is 29.3 Å². The number of benzene rings is 1. The Morgan fingerprint density at radius 1 is 1.24 bits per heavy atom. The molecular formula is C22H38IN5O. The zero-order valence-corrected chi connectivity index (χ0v) is 20.5. The van der Waals surface area contributed by atoms with E-state index < -0.39 is 0 Å². The van der Waals surface area contributed by atoms with Crippen LogP contribution >= 0.6 is 24.0 Å². The summed E-state index contributed by atoms with van der Waals surface area (Å²) >= 11 is 0. The van der Waals surface area contributed by atoms with Gasteiger partial charge in [0.25, 0.3) is 0 Å². The fourth-order valence-corrected chi connectivity index (χ4v) is 4.21. The van der Waals surface area contributed by atoms with Gasteiger partial charge < -0.3 is 25.2 Å². The van der Waals surface area contributed by atoms with Crippen LogP contribution in [-0.2, 0) is 0 Å². The van der Waals surface area contributed by atoms with Crippen LogP contribution in [0.25, 0.3) is 0 Å². The average molecular weight is 515 g/mol. The molecule has 2 atom stereocenters. The summed E-state index contributed by atoms with van der Waals surface area (Å²) in [7, 11) is 1.74. The number of likely N-dealkylation sites (tertiary alicyclic amines) is 1. The lowest BCUT2D eigenvalue weighted by molar-refractivity contribution is 0.291. The van der Waals surface area contributed by atoms with E-state index in [4.69, 9.17) is 9.73 Å². The number of anilines is 1. The van der Waals surface area contributed by atoms with E-state index in [2.05, 4.69) is 46.4 Å². The van der Waals surface area contributed by atoms with E-state index in [-0.39, 0.29) is 24.0 Å². The smallest absolute Gasteiger partial charge is 0.191 e. The van der Waals surface area contributed by atoms with E-state index in [0.29, 0.717) is 12.0 Å². The molecule has 0 aliphatic carbocycles. The number of rotatable bonds is 8. The molecule has 164 valence electrons. The SMILES string of the molecule is CCNC(=NCC(C)CN1CCCC1)NC1CCN(c2ccccc2OC)C1.I. The Morgan fingerprint density at radius 3 is 2.72 bits per heavy atom. The quantitative estimate of drug-likeness (QED) is 0.317. The third-order valence-electron chi connectivity index (χ3n) is 5.63. The minimum atomic E-state index is 0. The van der Waals surface area contributed by atoms with Crippen LogP contribution in [-0.4, -0.2) is 69.8 Å². The molecule has 7 heteroatoms. The summed E-state index contributed by atoms with van der Waals surface area (Å²) in [5.41, 5.74) is 1.18. The first-order chi connectivity index (χ1) is 13.7.